The van der Waals surface area contributed by atoms with Crippen molar-refractivity contribution in [1.82, 2.24) is 5.32 Å². The molecule has 0 aromatic heterocycles. The first-order valence-corrected chi connectivity index (χ1v) is 6.62. The quantitative estimate of drug-likeness (QED) is 0.871. The van der Waals surface area contributed by atoms with Gasteiger partial charge in [0.2, 0.25) is 0 Å². The van der Waals surface area contributed by atoms with Gasteiger partial charge in [0.05, 0.1) is 7.11 Å². The average Bonchev–Trinajstić information content (AvgIpc) is 2.53. The van der Waals surface area contributed by atoms with Gasteiger partial charge in [-0.1, -0.05) is 6.07 Å². The number of benzene rings is 1. The molecule has 2 nitrogen and oxygen atoms in total. The maximum atomic E-state index is 15.3. The van der Waals surface area contributed by atoms with Crippen molar-refractivity contribution in [2.45, 2.75) is 38.8 Å². The van der Waals surface area contributed by atoms with E-state index in [1.807, 2.05) is 26.0 Å². The molecule has 100 valence electrons. The lowest BCUT2D eigenvalue weighted by atomic mass is 9.84. The minimum absolute atomic E-state index is 0.521. The van der Waals surface area contributed by atoms with Crippen LogP contribution in [-0.2, 0) is 5.67 Å². The molecule has 18 heavy (non-hydrogen) atoms. The second-order valence-corrected chi connectivity index (χ2v) is 5.23. The van der Waals surface area contributed by atoms with Gasteiger partial charge in [0.1, 0.15) is 11.4 Å². The Bertz CT molecular complexity index is 423. The molecule has 1 aliphatic rings. The predicted molar refractivity (Wildman–Crippen MR) is 72.0 cm³/mol. The van der Waals surface area contributed by atoms with E-state index in [0.29, 0.717) is 18.6 Å². The van der Waals surface area contributed by atoms with Gasteiger partial charge in [-0.25, -0.2) is 4.39 Å². The van der Waals surface area contributed by atoms with Crippen LogP contribution in [0.4, 0.5) is 4.39 Å². The van der Waals surface area contributed by atoms with Gasteiger partial charge >= 0.3 is 0 Å². The summed E-state index contributed by atoms with van der Waals surface area (Å²) in [5.41, 5.74) is 1.60. The van der Waals surface area contributed by atoms with Crippen molar-refractivity contribution in [3.8, 4) is 5.75 Å². The summed E-state index contributed by atoms with van der Waals surface area (Å²) in [7, 11) is 1.62. The number of ether oxygens (including phenoxy) is 1. The van der Waals surface area contributed by atoms with Crippen molar-refractivity contribution in [3.05, 3.63) is 28.8 Å². The molecule has 0 saturated carbocycles. The molecule has 0 bridgehead atoms. The molecular weight excluding hydrogens is 229 g/mol. The lowest BCUT2D eigenvalue weighted by Gasteiger charge is -2.28. The van der Waals surface area contributed by atoms with Crippen LogP contribution in [0.3, 0.4) is 0 Å². The lowest BCUT2D eigenvalue weighted by Crippen LogP contribution is -2.24. The molecule has 3 heteroatoms. The van der Waals surface area contributed by atoms with Gasteiger partial charge in [-0.05, 0) is 63.4 Å². The van der Waals surface area contributed by atoms with E-state index >= 15 is 4.39 Å². The van der Waals surface area contributed by atoms with E-state index < -0.39 is 5.67 Å². The van der Waals surface area contributed by atoms with Crippen molar-refractivity contribution in [2.75, 3.05) is 20.2 Å². The van der Waals surface area contributed by atoms with Crippen molar-refractivity contribution < 1.29 is 9.13 Å². The van der Waals surface area contributed by atoms with Crippen LogP contribution in [0.5, 0.6) is 5.75 Å². The maximum absolute atomic E-state index is 15.3. The topological polar surface area (TPSA) is 21.3 Å². The number of alkyl halides is 1. The highest BCUT2D eigenvalue weighted by Gasteiger charge is 2.36. The van der Waals surface area contributed by atoms with Gasteiger partial charge in [-0.3, -0.25) is 0 Å². The fourth-order valence-corrected chi connectivity index (χ4v) is 2.94. The summed E-state index contributed by atoms with van der Waals surface area (Å²) in [5, 5.41) is 3.26. The Morgan fingerprint density at radius 2 is 2.00 bits per heavy atom. The van der Waals surface area contributed by atoms with Crippen LogP contribution in [-0.4, -0.2) is 20.2 Å². The normalized spacial score (nSPS) is 24.7. The molecule has 0 amide bonds. The summed E-state index contributed by atoms with van der Waals surface area (Å²) in [6.45, 7) is 5.62. The number of hydrogen-bond donors (Lipinski definition) is 1. The van der Waals surface area contributed by atoms with Crippen LogP contribution in [0.2, 0.25) is 0 Å². The second-order valence-electron chi connectivity index (χ2n) is 5.23. The summed E-state index contributed by atoms with van der Waals surface area (Å²) in [4.78, 5) is 0. The van der Waals surface area contributed by atoms with E-state index in [1.54, 1.807) is 7.11 Å². The molecule has 2 rings (SSSR count). The van der Waals surface area contributed by atoms with Gasteiger partial charge < -0.3 is 10.1 Å². The van der Waals surface area contributed by atoms with E-state index in [9.17, 15) is 0 Å². The zero-order chi connectivity index (χ0) is 13.2. The maximum Gasteiger partial charge on any atom is 0.141 e. The van der Waals surface area contributed by atoms with Crippen molar-refractivity contribution >= 4 is 0 Å². The van der Waals surface area contributed by atoms with Crippen molar-refractivity contribution in [1.29, 1.82) is 0 Å². The number of hydrogen-bond acceptors (Lipinski definition) is 2. The molecule has 1 fully saturated rings. The third kappa shape index (κ3) is 2.51. The highest BCUT2D eigenvalue weighted by atomic mass is 19.1. The molecule has 0 spiro atoms. The highest BCUT2D eigenvalue weighted by molar-refractivity contribution is 5.46. The molecule has 1 aromatic rings. The molecule has 1 unspecified atom stereocenters. The standard InChI is InChI=1S/C15H22FNO/c1-11-9-12(2)14(13(10-11)18-3)15(16)5-4-7-17-8-6-15/h9-10,17H,4-8H2,1-3H3. The van der Waals surface area contributed by atoms with Gasteiger partial charge in [-0.15, -0.1) is 0 Å². The van der Waals surface area contributed by atoms with Gasteiger partial charge in [0.15, 0.2) is 0 Å². The summed E-state index contributed by atoms with van der Waals surface area (Å²) < 4.78 is 20.7. The fourth-order valence-electron chi connectivity index (χ4n) is 2.94. The summed E-state index contributed by atoms with van der Waals surface area (Å²) in [6, 6.07) is 3.97. The second kappa shape index (κ2) is 5.27. The van der Waals surface area contributed by atoms with Crippen molar-refractivity contribution in [2.24, 2.45) is 0 Å². The SMILES string of the molecule is COc1cc(C)cc(C)c1C1(F)CCCNCC1. The third-order valence-corrected chi connectivity index (χ3v) is 3.74. The van der Waals surface area contributed by atoms with Crippen LogP contribution in [0.15, 0.2) is 12.1 Å². The first-order chi connectivity index (χ1) is 8.57. The Morgan fingerprint density at radius 1 is 1.22 bits per heavy atom. The third-order valence-electron chi connectivity index (χ3n) is 3.74. The lowest BCUT2D eigenvalue weighted by molar-refractivity contribution is 0.139. The first kappa shape index (κ1) is 13.3. The van der Waals surface area contributed by atoms with Crippen LogP contribution in [0.1, 0.15) is 36.0 Å². The molecule has 1 aliphatic heterocycles. The van der Waals surface area contributed by atoms with E-state index in [1.165, 1.54) is 0 Å². The minimum Gasteiger partial charge on any atom is -0.496 e. The number of aryl methyl sites for hydroxylation is 2. The first-order valence-electron chi connectivity index (χ1n) is 6.62. The summed E-state index contributed by atoms with van der Waals surface area (Å²) in [5.74, 6) is 0.692. The Morgan fingerprint density at radius 3 is 2.72 bits per heavy atom. The van der Waals surface area contributed by atoms with E-state index in [0.717, 1.165) is 36.2 Å². The fraction of sp³-hybridized carbons (Fsp3) is 0.600. The van der Waals surface area contributed by atoms with Crippen LogP contribution < -0.4 is 10.1 Å². The molecule has 0 radical (unpaired) electrons. The van der Waals surface area contributed by atoms with Gasteiger partial charge in [-0.2, -0.15) is 0 Å². The van der Waals surface area contributed by atoms with E-state index in [-0.39, 0.29) is 0 Å². The predicted octanol–water partition coefficient (Wildman–Crippen LogP) is 3.25. The Hall–Kier alpha value is -1.09. The van der Waals surface area contributed by atoms with Crippen LogP contribution in [0, 0.1) is 13.8 Å². The minimum atomic E-state index is -1.26. The molecule has 0 aliphatic carbocycles. The zero-order valence-electron chi connectivity index (χ0n) is 11.5. The number of rotatable bonds is 2. The summed E-state index contributed by atoms with van der Waals surface area (Å²) >= 11 is 0. The largest absolute Gasteiger partial charge is 0.496 e. The molecule has 1 aromatic carbocycles. The highest BCUT2D eigenvalue weighted by Crippen LogP contribution is 2.42. The van der Waals surface area contributed by atoms with Gasteiger partial charge in [0, 0.05) is 5.56 Å². The van der Waals surface area contributed by atoms with E-state index in [4.69, 9.17) is 4.74 Å². The Kier molecular flexibility index (Phi) is 3.91. The molecular formula is C15H22FNO. The van der Waals surface area contributed by atoms with E-state index in [2.05, 4.69) is 5.32 Å². The average molecular weight is 251 g/mol. The molecule has 1 saturated heterocycles. The van der Waals surface area contributed by atoms with Crippen molar-refractivity contribution in [3.63, 3.8) is 0 Å². The number of methoxy groups -OCH3 is 1. The summed E-state index contributed by atoms with van der Waals surface area (Å²) in [6.07, 6.45) is 1.96. The molecule has 1 heterocycles. The smallest absolute Gasteiger partial charge is 0.141 e. The number of nitrogens with one attached hydrogen (secondary N) is 1. The molecule has 1 N–H and O–H groups in total. The van der Waals surface area contributed by atoms with Crippen LogP contribution >= 0.6 is 0 Å². The van der Waals surface area contributed by atoms with Crippen LogP contribution in [0.25, 0.3) is 0 Å². The Balaban J connectivity index is 2.47. The van der Waals surface area contributed by atoms with Gasteiger partial charge in [0.25, 0.3) is 0 Å². The Labute approximate surface area is 109 Å². The number of halogens is 1. The zero-order valence-corrected chi connectivity index (χ0v) is 11.5. The molecule has 1 atom stereocenters. The monoisotopic (exact) mass is 251 g/mol.